The topological polar surface area (TPSA) is 133 Å². The Balaban J connectivity index is 1.51. The molecular formula is C26H25N7O3. The average Bonchev–Trinajstić information content (AvgIpc) is 3.47. The van der Waals surface area contributed by atoms with Crippen LogP contribution in [-0.4, -0.2) is 63.0 Å². The first-order chi connectivity index (χ1) is 17.6. The van der Waals surface area contributed by atoms with Gasteiger partial charge in [-0.3, -0.25) is 14.5 Å². The van der Waals surface area contributed by atoms with Gasteiger partial charge in [0.05, 0.1) is 43.0 Å². The van der Waals surface area contributed by atoms with Crippen LogP contribution in [0.4, 0.5) is 0 Å². The molecule has 4 aromatic heterocycles. The number of nitrogens with one attached hydrogen (secondary N) is 2. The molecule has 0 aliphatic carbocycles. The van der Waals surface area contributed by atoms with E-state index in [1.54, 1.807) is 29.2 Å². The van der Waals surface area contributed by atoms with Crippen molar-refractivity contribution >= 4 is 27.8 Å². The number of ether oxygens (including phenoxy) is 2. The molecule has 0 atom stereocenters. The number of aromatic amines is 1. The van der Waals surface area contributed by atoms with Crippen molar-refractivity contribution < 1.29 is 14.3 Å². The molecule has 1 saturated heterocycles. The summed E-state index contributed by atoms with van der Waals surface area (Å²) in [5.74, 6) is 0.506. The monoisotopic (exact) mass is 483 g/mol. The zero-order valence-corrected chi connectivity index (χ0v) is 19.7. The highest BCUT2D eigenvalue weighted by Gasteiger charge is 2.24. The molecule has 182 valence electrons. The van der Waals surface area contributed by atoms with Crippen LogP contribution in [0.1, 0.15) is 10.4 Å². The van der Waals surface area contributed by atoms with Gasteiger partial charge in [0.15, 0.2) is 0 Å². The maximum Gasteiger partial charge on any atom is 0.251 e. The third-order valence-corrected chi connectivity index (χ3v) is 6.24. The molecule has 1 aliphatic rings. The summed E-state index contributed by atoms with van der Waals surface area (Å²) in [6.07, 6.45) is 7.25. The normalized spacial score (nSPS) is 13.7. The van der Waals surface area contributed by atoms with Crippen molar-refractivity contribution in [2.45, 2.75) is 6.10 Å². The van der Waals surface area contributed by atoms with E-state index < -0.39 is 0 Å². The lowest BCUT2D eigenvalue weighted by molar-refractivity contribution is -0.0795. The Labute approximate surface area is 206 Å². The van der Waals surface area contributed by atoms with Gasteiger partial charge in [-0.1, -0.05) is 12.1 Å². The molecule has 10 nitrogen and oxygen atoms in total. The molecule has 0 saturated carbocycles. The molecule has 0 unspecified atom stereocenters. The molecule has 4 N–H and O–H groups in total. The Hall–Kier alpha value is -4.28. The molecule has 6 rings (SSSR count). The predicted molar refractivity (Wildman–Crippen MR) is 136 cm³/mol. The number of aryl methyl sites for hydroxylation is 1. The first-order valence-corrected chi connectivity index (χ1v) is 11.7. The number of pyridine rings is 2. The van der Waals surface area contributed by atoms with Gasteiger partial charge in [-0.05, 0) is 23.8 Å². The van der Waals surface area contributed by atoms with Crippen molar-refractivity contribution in [3.63, 3.8) is 0 Å². The molecule has 1 amide bonds. The maximum absolute atomic E-state index is 12.4. The van der Waals surface area contributed by atoms with Crippen LogP contribution in [0, 0.1) is 0 Å². The highest BCUT2D eigenvalue weighted by molar-refractivity contribution is 6.14. The second-order valence-electron chi connectivity index (χ2n) is 8.76. The molecule has 5 aromatic rings. The maximum atomic E-state index is 12.4. The number of H-pyrrole nitrogens is 1. The van der Waals surface area contributed by atoms with Crippen molar-refractivity contribution in [3.05, 3.63) is 60.7 Å². The lowest BCUT2D eigenvalue weighted by Crippen LogP contribution is -2.38. The minimum absolute atomic E-state index is 0.0258. The molecule has 5 heterocycles. The second kappa shape index (κ2) is 9.06. The number of nitrogens with two attached hydrogens (primary N) is 1. The fraction of sp³-hybridized carbons (Fsp3) is 0.231. The standard InChI is InChI=1S/C26H25N7O3/c1-33-12-17(9-31-33)20-8-19-21(10-29-20)32-25-24(19)23(22(11-30-25)36-18-13-35-14-18)15-2-4-16(5-3-15)26(34)28-7-6-27/h2-5,8-12,18H,6-7,13-14,27H2,1H3,(H,28,34)(H,30,32). The van der Waals surface area contributed by atoms with Gasteiger partial charge < -0.3 is 25.5 Å². The van der Waals surface area contributed by atoms with Crippen LogP contribution in [0.25, 0.3) is 44.3 Å². The molecule has 1 aliphatic heterocycles. The van der Waals surface area contributed by atoms with Crippen molar-refractivity contribution in [2.75, 3.05) is 26.3 Å². The van der Waals surface area contributed by atoms with E-state index in [9.17, 15) is 4.79 Å². The number of carbonyl (C=O) groups is 1. The Morgan fingerprint density at radius 1 is 1.19 bits per heavy atom. The fourth-order valence-electron chi connectivity index (χ4n) is 4.37. The summed E-state index contributed by atoms with van der Waals surface area (Å²) in [6.45, 7) is 1.90. The van der Waals surface area contributed by atoms with E-state index in [1.165, 1.54) is 0 Å². The molecule has 0 radical (unpaired) electrons. The Morgan fingerprint density at radius 3 is 2.72 bits per heavy atom. The van der Waals surface area contributed by atoms with Gasteiger partial charge >= 0.3 is 0 Å². The van der Waals surface area contributed by atoms with Crippen molar-refractivity contribution in [3.8, 4) is 28.1 Å². The number of hydrogen-bond donors (Lipinski definition) is 3. The molecular weight excluding hydrogens is 458 g/mol. The fourth-order valence-corrected chi connectivity index (χ4v) is 4.37. The smallest absolute Gasteiger partial charge is 0.251 e. The highest BCUT2D eigenvalue weighted by atomic mass is 16.6. The van der Waals surface area contributed by atoms with Crippen molar-refractivity contribution in [1.82, 2.24) is 30.0 Å². The summed E-state index contributed by atoms with van der Waals surface area (Å²) >= 11 is 0. The number of carbonyl (C=O) groups excluding carboxylic acids is 1. The van der Waals surface area contributed by atoms with Gasteiger partial charge in [-0.2, -0.15) is 5.10 Å². The summed E-state index contributed by atoms with van der Waals surface area (Å²) in [5.41, 5.74) is 11.2. The highest BCUT2D eigenvalue weighted by Crippen LogP contribution is 2.41. The Bertz CT molecular complexity index is 1570. The van der Waals surface area contributed by atoms with Crippen LogP contribution in [0.5, 0.6) is 5.75 Å². The molecule has 0 bridgehead atoms. The van der Waals surface area contributed by atoms with E-state index in [1.807, 2.05) is 37.6 Å². The van der Waals surface area contributed by atoms with E-state index in [2.05, 4.69) is 25.4 Å². The van der Waals surface area contributed by atoms with Crippen molar-refractivity contribution in [1.29, 1.82) is 0 Å². The molecule has 0 spiro atoms. The Morgan fingerprint density at radius 2 is 2.03 bits per heavy atom. The number of aromatic nitrogens is 5. The zero-order valence-electron chi connectivity index (χ0n) is 19.7. The number of benzene rings is 1. The third kappa shape index (κ3) is 3.96. The van der Waals surface area contributed by atoms with E-state index in [4.69, 9.17) is 15.2 Å². The zero-order chi connectivity index (χ0) is 24.6. The van der Waals surface area contributed by atoms with Crippen LogP contribution in [0.2, 0.25) is 0 Å². The van der Waals surface area contributed by atoms with Crippen LogP contribution in [0.3, 0.4) is 0 Å². The van der Waals surface area contributed by atoms with Gasteiger partial charge in [0.25, 0.3) is 5.91 Å². The lowest BCUT2D eigenvalue weighted by Gasteiger charge is -2.27. The van der Waals surface area contributed by atoms with Gasteiger partial charge in [-0.25, -0.2) is 4.98 Å². The first-order valence-electron chi connectivity index (χ1n) is 11.7. The molecule has 1 fully saturated rings. The Kier molecular flexibility index (Phi) is 5.59. The number of fused-ring (bicyclic) bond motifs is 3. The largest absolute Gasteiger partial charge is 0.483 e. The average molecular weight is 484 g/mol. The molecule has 1 aromatic carbocycles. The summed E-state index contributed by atoms with van der Waals surface area (Å²) in [7, 11) is 1.88. The minimum Gasteiger partial charge on any atom is -0.483 e. The van der Waals surface area contributed by atoms with Gasteiger partial charge in [0, 0.05) is 53.8 Å². The number of amides is 1. The number of hydrogen-bond acceptors (Lipinski definition) is 7. The molecule has 36 heavy (non-hydrogen) atoms. The minimum atomic E-state index is -0.158. The van der Waals surface area contributed by atoms with Crippen LogP contribution < -0.4 is 15.8 Å². The van der Waals surface area contributed by atoms with Gasteiger partial charge in [0.1, 0.15) is 17.5 Å². The van der Waals surface area contributed by atoms with E-state index in [0.717, 1.165) is 44.3 Å². The summed E-state index contributed by atoms with van der Waals surface area (Å²) in [5, 5.41) is 8.98. The van der Waals surface area contributed by atoms with Crippen LogP contribution in [0.15, 0.2) is 55.1 Å². The lowest BCUT2D eigenvalue weighted by atomic mass is 9.98. The number of nitrogens with zero attached hydrogens (tertiary/aromatic N) is 4. The van der Waals surface area contributed by atoms with E-state index in [0.29, 0.717) is 37.6 Å². The summed E-state index contributed by atoms with van der Waals surface area (Å²) in [4.78, 5) is 25.1. The summed E-state index contributed by atoms with van der Waals surface area (Å²) < 4.78 is 13.4. The molecule has 10 heteroatoms. The van der Waals surface area contributed by atoms with Crippen molar-refractivity contribution in [2.24, 2.45) is 12.8 Å². The van der Waals surface area contributed by atoms with Gasteiger partial charge in [-0.15, -0.1) is 0 Å². The first kappa shape index (κ1) is 22.2. The third-order valence-electron chi connectivity index (χ3n) is 6.24. The van der Waals surface area contributed by atoms with Crippen LogP contribution >= 0.6 is 0 Å². The van der Waals surface area contributed by atoms with E-state index >= 15 is 0 Å². The SMILES string of the molecule is Cn1cc(-c2cc3c(cn2)[nH]c2ncc(OC4COC4)c(-c4ccc(C(=O)NCCN)cc4)c23)cn1. The number of rotatable bonds is 7. The summed E-state index contributed by atoms with van der Waals surface area (Å²) in [6, 6.07) is 9.51. The second-order valence-corrected chi connectivity index (χ2v) is 8.76. The van der Waals surface area contributed by atoms with Gasteiger partial charge in [0.2, 0.25) is 0 Å². The quantitative estimate of drug-likeness (QED) is 0.324. The van der Waals surface area contributed by atoms with E-state index in [-0.39, 0.29) is 12.0 Å². The predicted octanol–water partition coefficient (Wildman–Crippen LogP) is 2.64. The van der Waals surface area contributed by atoms with Crippen LogP contribution in [-0.2, 0) is 11.8 Å².